The maximum atomic E-state index is 14.4. The third-order valence-electron chi connectivity index (χ3n) is 6.97. The summed E-state index contributed by atoms with van der Waals surface area (Å²) in [4.78, 5) is 29.4. The fraction of sp³-hybridized carbons (Fsp3) is 0.235. The average Bonchev–Trinajstić information content (AvgIpc) is 2.99. The first-order chi connectivity index (χ1) is 20.9. The molecule has 0 unspecified atom stereocenters. The molecular formula is C34H35BrFN3O4S. The highest BCUT2D eigenvalue weighted by atomic mass is 79.9. The number of aryl methyl sites for hydroxylation is 1. The summed E-state index contributed by atoms with van der Waals surface area (Å²) in [5, 5.41) is 2.94. The van der Waals surface area contributed by atoms with Gasteiger partial charge in [0.2, 0.25) is 11.8 Å². The monoisotopic (exact) mass is 679 g/mol. The predicted molar refractivity (Wildman–Crippen MR) is 174 cm³/mol. The number of amides is 2. The average molecular weight is 681 g/mol. The first-order valence-corrected chi connectivity index (χ1v) is 16.4. The van der Waals surface area contributed by atoms with Crippen LogP contribution in [0.4, 0.5) is 10.1 Å². The van der Waals surface area contributed by atoms with E-state index >= 15 is 0 Å². The van der Waals surface area contributed by atoms with Crippen molar-refractivity contribution < 1.29 is 22.4 Å². The van der Waals surface area contributed by atoms with Crippen molar-refractivity contribution in [2.75, 3.05) is 10.8 Å². The molecule has 4 rings (SSSR count). The topological polar surface area (TPSA) is 86.8 Å². The second-order valence-corrected chi connectivity index (χ2v) is 13.6. The third-order valence-corrected chi connectivity index (χ3v) is 9.29. The lowest BCUT2D eigenvalue weighted by molar-refractivity contribution is -0.140. The summed E-state index contributed by atoms with van der Waals surface area (Å²) < 4.78 is 43.5. The quantitative estimate of drug-likeness (QED) is 0.192. The molecule has 0 aliphatic rings. The molecule has 44 heavy (non-hydrogen) atoms. The molecular weight excluding hydrogens is 645 g/mol. The largest absolute Gasteiger partial charge is 0.352 e. The lowest BCUT2D eigenvalue weighted by atomic mass is 10.0. The molecule has 0 saturated heterocycles. The minimum Gasteiger partial charge on any atom is -0.352 e. The Kier molecular flexibility index (Phi) is 10.9. The Hall–Kier alpha value is -4.02. The number of carbonyl (C=O) groups is 2. The van der Waals surface area contributed by atoms with Crippen LogP contribution < -0.4 is 9.62 Å². The Morgan fingerprint density at radius 2 is 1.45 bits per heavy atom. The van der Waals surface area contributed by atoms with Gasteiger partial charge in [-0.25, -0.2) is 12.8 Å². The number of sulfonamides is 1. The van der Waals surface area contributed by atoms with Crippen LogP contribution in [0.1, 0.15) is 30.5 Å². The van der Waals surface area contributed by atoms with Gasteiger partial charge in [0.15, 0.2) is 0 Å². The molecule has 0 aromatic heterocycles. The highest BCUT2D eigenvalue weighted by Gasteiger charge is 2.34. The standard InChI is InChI=1S/C34H35BrFN3O4S/c1-24(2)37-34(41)32(21-26-7-5-4-6-8-26)38(22-27-11-13-28(35)14-12-27)33(40)23-39(30-17-9-25(3)10-18-30)44(42,43)31-19-15-29(36)16-20-31/h4-20,24,32H,21-23H2,1-3H3,(H,37,41)/t32-/m0/s1. The zero-order valence-corrected chi connectivity index (χ0v) is 27.2. The van der Waals surface area contributed by atoms with Crippen molar-refractivity contribution in [3.8, 4) is 0 Å². The van der Waals surface area contributed by atoms with E-state index in [-0.39, 0.29) is 35.5 Å². The minimum atomic E-state index is -4.30. The van der Waals surface area contributed by atoms with E-state index < -0.39 is 34.3 Å². The molecule has 0 saturated carbocycles. The first kappa shape index (κ1) is 32.9. The van der Waals surface area contributed by atoms with Gasteiger partial charge in [-0.2, -0.15) is 0 Å². The number of hydrogen-bond donors (Lipinski definition) is 1. The summed E-state index contributed by atoms with van der Waals surface area (Å²) >= 11 is 3.43. The molecule has 0 aliphatic heterocycles. The van der Waals surface area contributed by atoms with Crippen LogP contribution in [0.3, 0.4) is 0 Å². The second-order valence-electron chi connectivity index (χ2n) is 10.8. The Bertz CT molecular complexity index is 1660. The number of hydrogen-bond acceptors (Lipinski definition) is 4. The summed E-state index contributed by atoms with van der Waals surface area (Å²) in [7, 11) is -4.30. The molecule has 2 amide bonds. The maximum Gasteiger partial charge on any atom is 0.264 e. The smallest absolute Gasteiger partial charge is 0.264 e. The molecule has 0 fully saturated rings. The van der Waals surface area contributed by atoms with Crippen LogP contribution >= 0.6 is 15.9 Å². The molecule has 0 bridgehead atoms. The van der Waals surface area contributed by atoms with Crippen LogP contribution in [0.5, 0.6) is 0 Å². The SMILES string of the molecule is Cc1ccc(N(CC(=O)N(Cc2ccc(Br)cc2)[C@@H](Cc2ccccc2)C(=O)NC(C)C)S(=O)(=O)c2ccc(F)cc2)cc1. The maximum absolute atomic E-state index is 14.4. The van der Waals surface area contributed by atoms with Gasteiger partial charge in [0.1, 0.15) is 18.4 Å². The number of rotatable bonds is 12. The predicted octanol–water partition coefficient (Wildman–Crippen LogP) is 6.26. The molecule has 0 heterocycles. The van der Waals surface area contributed by atoms with E-state index in [0.717, 1.165) is 37.6 Å². The molecule has 1 N–H and O–H groups in total. The summed E-state index contributed by atoms with van der Waals surface area (Å²) in [5.41, 5.74) is 2.78. The van der Waals surface area contributed by atoms with Crippen LogP contribution in [0.25, 0.3) is 0 Å². The van der Waals surface area contributed by atoms with Crippen LogP contribution in [0.2, 0.25) is 0 Å². The van der Waals surface area contributed by atoms with E-state index in [4.69, 9.17) is 0 Å². The summed E-state index contributed by atoms with van der Waals surface area (Å²) in [6.07, 6.45) is 0.219. The molecule has 0 radical (unpaired) electrons. The van der Waals surface area contributed by atoms with Gasteiger partial charge in [-0.1, -0.05) is 76.1 Å². The van der Waals surface area contributed by atoms with Crippen LogP contribution in [0.15, 0.2) is 112 Å². The van der Waals surface area contributed by atoms with Gasteiger partial charge in [-0.3, -0.25) is 13.9 Å². The third kappa shape index (κ3) is 8.54. The van der Waals surface area contributed by atoms with Gasteiger partial charge < -0.3 is 10.2 Å². The summed E-state index contributed by atoms with van der Waals surface area (Å²) in [5.74, 6) is -1.50. The molecule has 0 aliphatic carbocycles. The Morgan fingerprint density at radius 3 is 2.05 bits per heavy atom. The van der Waals surface area contributed by atoms with E-state index in [1.165, 1.54) is 17.0 Å². The fourth-order valence-electron chi connectivity index (χ4n) is 4.69. The summed E-state index contributed by atoms with van der Waals surface area (Å²) in [6, 6.07) is 26.8. The second kappa shape index (κ2) is 14.6. The molecule has 10 heteroatoms. The molecule has 4 aromatic rings. The molecule has 7 nitrogen and oxygen atoms in total. The lowest BCUT2D eigenvalue weighted by Crippen LogP contribution is -2.54. The van der Waals surface area contributed by atoms with Gasteiger partial charge in [0.05, 0.1) is 10.6 Å². The number of halogens is 2. The molecule has 4 aromatic carbocycles. The van der Waals surface area contributed by atoms with E-state index in [1.54, 1.807) is 24.3 Å². The van der Waals surface area contributed by atoms with E-state index in [1.807, 2.05) is 75.4 Å². The van der Waals surface area contributed by atoms with Crippen LogP contribution in [-0.2, 0) is 32.6 Å². The van der Waals surface area contributed by atoms with Gasteiger partial charge in [-0.15, -0.1) is 0 Å². The van der Waals surface area contributed by atoms with E-state index in [9.17, 15) is 22.4 Å². The number of nitrogens with zero attached hydrogens (tertiary/aromatic N) is 2. The number of benzene rings is 4. The zero-order chi connectivity index (χ0) is 31.9. The van der Waals surface area contributed by atoms with Crippen molar-refractivity contribution in [3.05, 3.63) is 130 Å². The highest BCUT2D eigenvalue weighted by Crippen LogP contribution is 2.26. The number of anilines is 1. The normalized spacial score (nSPS) is 12.0. The van der Waals surface area contributed by atoms with Crippen molar-refractivity contribution in [2.45, 2.75) is 50.7 Å². The van der Waals surface area contributed by atoms with Crippen molar-refractivity contribution >= 4 is 43.5 Å². The molecule has 230 valence electrons. The molecule has 1 atom stereocenters. The first-order valence-electron chi connectivity index (χ1n) is 14.2. The van der Waals surface area contributed by atoms with Gasteiger partial charge in [0, 0.05) is 23.5 Å². The van der Waals surface area contributed by atoms with Crippen LogP contribution in [0, 0.1) is 12.7 Å². The van der Waals surface area contributed by atoms with Gasteiger partial charge in [0.25, 0.3) is 10.0 Å². The highest BCUT2D eigenvalue weighted by molar-refractivity contribution is 9.10. The Morgan fingerprint density at radius 1 is 0.841 bits per heavy atom. The van der Waals surface area contributed by atoms with E-state index in [2.05, 4.69) is 21.2 Å². The zero-order valence-electron chi connectivity index (χ0n) is 24.8. The minimum absolute atomic E-state index is 0.0630. The van der Waals surface area contributed by atoms with Crippen LogP contribution in [-0.4, -0.2) is 43.8 Å². The Labute approximate surface area is 266 Å². The van der Waals surface area contributed by atoms with Crippen molar-refractivity contribution in [3.63, 3.8) is 0 Å². The van der Waals surface area contributed by atoms with Crippen molar-refractivity contribution in [1.29, 1.82) is 0 Å². The number of nitrogens with one attached hydrogen (secondary N) is 1. The number of carbonyl (C=O) groups excluding carboxylic acids is 2. The summed E-state index contributed by atoms with van der Waals surface area (Å²) in [6.45, 7) is 5.03. The van der Waals surface area contributed by atoms with Crippen molar-refractivity contribution in [2.24, 2.45) is 0 Å². The Balaban J connectivity index is 1.79. The lowest BCUT2D eigenvalue weighted by Gasteiger charge is -2.34. The van der Waals surface area contributed by atoms with Crippen molar-refractivity contribution in [1.82, 2.24) is 10.2 Å². The fourth-order valence-corrected chi connectivity index (χ4v) is 6.37. The molecule has 0 spiro atoms. The van der Waals surface area contributed by atoms with Gasteiger partial charge >= 0.3 is 0 Å². The van der Waals surface area contributed by atoms with E-state index in [0.29, 0.717) is 0 Å². The van der Waals surface area contributed by atoms with Gasteiger partial charge in [-0.05, 0) is 80.4 Å².